The normalized spacial score (nSPS) is 15.5. The fourth-order valence-electron chi connectivity index (χ4n) is 2.61. The maximum Gasteiger partial charge on any atom is 0.326 e. The summed E-state index contributed by atoms with van der Waals surface area (Å²) in [4.78, 5) is 36.6. The van der Waals surface area contributed by atoms with Gasteiger partial charge in [0.25, 0.3) is 0 Å². The molecular formula is C20H31N3O4. The molecule has 7 nitrogen and oxygen atoms in total. The first-order valence-electron chi connectivity index (χ1n) is 9.30. The van der Waals surface area contributed by atoms with E-state index in [4.69, 9.17) is 5.73 Å². The third-order valence-corrected chi connectivity index (χ3v) is 4.70. The number of carbonyl (C=O) groups excluding carboxylic acids is 2. The zero-order valence-electron chi connectivity index (χ0n) is 16.4. The molecule has 0 bridgehead atoms. The van der Waals surface area contributed by atoms with E-state index in [2.05, 4.69) is 10.6 Å². The van der Waals surface area contributed by atoms with Gasteiger partial charge in [-0.05, 0) is 17.4 Å². The Balaban J connectivity index is 2.83. The molecule has 150 valence electrons. The van der Waals surface area contributed by atoms with Gasteiger partial charge in [0.05, 0.1) is 6.04 Å². The van der Waals surface area contributed by atoms with Crippen molar-refractivity contribution in [1.29, 1.82) is 0 Å². The van der Waals surface area contributed by atoms with Gasteiger partial charge in [-0.3, -0.25) is 9.59 Å². The number of hydrogen-bond donors (Lipinski definition) is 4. The summed E-state index contributed by atoms with van der Waals surface area (Å²) in [5.74, 6) is -2.31. The zero-order valence-corrected chi connectivity index (χ0v) is 16.4. The van der Waals surface area contributed by atoms with Gasteiger partial charge in [-0.25, -0.2) is 4.79 Å². The van der Waals surface area contributed by atoms with Gasteiger partial charge in [-0.2, -0.15) is 0 Å². The van der Waals surface area contributed by atoms with Crippen LogP contribution in [0.4, 0.5) is 0 Å². The third-order valence-electron chi connectivity index (χ3n) is 4.70. The fraction of sp³-hybridized carbons (Fsp3) is 0.550. The number of amides is 2. The maximum absolute atomic E-state index is 12.7. The first kappa shape index (κ1) is 22.6. The van der Waals surface area contributed by atoms with Crippen molar-refractivity contribution in [1.82, 2.24) is 10.6 Å². The fourth-order valence-corrected chi connectivity index (χ4v) is 2.61. The van der Waals surface area contributed by atoms with Crippen LogP contribution in [0.3, 0.4) is 0 Å². The second-order valence-corrected chi connectivity index (χ2v) is 7.23. The second kappa shape index (κ2) is 10.7. The van der Waals surface area contributed by atoms with Gasteiger partial charge in [0.1, 0.15) is 12.1 Å². The topological polar surface area (TPSA) is 122 Å². The highest BCUT2D eigenvalue weighted by atomic mass is 16.4. The lowest BCUT2D eigenvalue weighted by molar-refractivity contribution is -0.142. The Morgan fingerprint density at radius 1 is 1.04 bits per heavy atom. The van der Waals surface area contributed by atoms with Crippen molar-refractivity contribution in [3.63, 3.8) is 0 Å². The third kappa shape index (κ3) is 7.02. The molecule has 0 saturated heterocycles. The van der Waals surface area contributed by atoms with E-state index in [1.165, 1.54) is 0 Å². The highest BCUT2D eigenvalue weighted by Crippen LogP contribution is 2.09. The first-order chi connectivity index (χ1) is 12.7. The van der Waals surface area contributed by atoms with E-state index in [9.17, 15) is 19.5 Å². The monoisotopic (exact) mass is 377 g/mol. The minimum atomic E-state index is -1.13. The summed E-state index contributed by atoms with van der Waals surface area (Å²) in [6.45, 7) is 7.37. The minimum absolute atomic E-state index is 0.0225. The van der Waals surface area contributed by atoms with Crippen LogP contribution in [0.2, 0.25) is 0 Å². The summed E-state index contributed by atoms with van der Waals surface area (Å²) in [5, 5.41) is 14.7. The molecule has 0 aliphatic carbocycles. The van der Waals surface area contributed by atoms with Crippen molar-refractivity contribution in [2.24, 2.45) is 17.6 Å². The number of hydrogen-bond acceptors (Lipinski definition) is 4. The number of benzene rings is 1. The maximum atomic E-state index is 12.7. The molecular weight excluding hydrogens is 346 g/mol. The van der Waals surface area contributed by atoms with E-state index >= 15 is 0 Å². The number of carbonyl (C=O) groups is 3. The van der Waals surface area contributed by atoms with Gasteiger partial charge >= 0.3 is 5.97 Å². The first-order valence-corrected chi connectivity index (χ1v) is 9.30. The molecule has 4 atom stereocenters. The van der Waals surface area contributed by atoms with Gasteiger partial charge in [0, 0.05) is 6.42 Å². The Morgan fingerprint density at radius 2 is 1.63 bits per heavy atom. The molecule has 0 unspecified atom stereocenters. The molecule has 0 aliphatic heterocycles. The molecule has 27 heavy (non-hydrogen) atoms. The quantitative estimate of drug-likeness (QED) is 0.490. The Morgan fingerprint density at radius 3 is 2.11 bits per heavy atom. The summed E-state index contributed by atoms with van der Waals surface area (Å²) in [6.07, 6.45) is 0.901. The van der Waals surface area contributed by atoms with Crippen LogP contribution in [0.5, 0.6) is 0 Å². The Labute approximate surface area is 160 Å². The number of carboxylic acid groups (broad SMARTS) is 1. The second-order valence-electron chi connectivity index (χ2n) is 7.23. The van der Waals surface area contributed by atoms with E-state index in [0.717, 1.165) is 12.0 Å². The van der Waals surface area contributed by atoms with Gasteiger partial charge < -0.3 is 21.5 Å². The molecule has 0 fully saturated rings. The van der Waals surface area contributed by atoms with Crippen molar-refractivity contribution in [3.8, 4) is 0 Å². The Bertz CT molecular complexity index is 633. The molecule has 0 radical (unpaired) electrons. The number of nitrogens with one attached hydrogen (secondary N) is 2. The Kier molecular flexibility index (Phi) is 8.94. The number of nitrogens with two attached hydrogens (primary N) is 1. The van der Waals surface area contributed by atoms with Crippen molar-refractivity contribution in [3.05, 3.63) is 35.9 Å². The zero-order chi connectivity index (χ0) is 20.6. The van der Waals surface area contributed by atoms with Crippen LogP contribution < -0.4 is 16.4 Å². The molecule has 5 N–H and O–H groups in total. The van der Waals surface area contributed by atoms with Crippen LogP contribution in [-0.2, 0) is 20.8 Å². The summed E-state index contributed by atoms with van der Waals surface area (Å²) >= 11 is 0. The van der Waals surface area contributed by atoms with E-state index in [0.29, 0.717) is 0 Å². The van der Waals surface area contributed by atoms with Crippen molar-refractivity contribution in [2.75, 3.05) is 0 Å². The van der Waals surface area contributed by atoms with Gasteiger partial charge in [0.15, 0.2) is 0 Å². The van der Waals surface area contributed by atoms with Crippen LogP contribution in [0.1, 0.15) is 39.7 Å². The number of rotatable bonds is 10. The summed E-state index contributed by atoms with van der Waals surface area (Å²) in [6, 6.07) is 6.40. The summed E-state index contributed by atoms with van der Waals surface area (Å²) < 4.78 is 0. The van der Waals surface area contributed by atoms with Crippen LogP contribution in [-0.4, -0.2) is 41.0 Å². The van der Waals surface area contributed by atoms with Crippen molar-refractivity contribution in [2.45, 2.75) is 58.7 Å². The van der Waals surface area contributed by atoms with Crippen LogP contribution in [0.15, 0.2) is 30.3 Å². The van der Waals surface area contributed by atoms with Gasteiger partial charge in [-0.15, -0.1) is 0 Å². The SMILES string of the molecule is CC[C@H](C)[C@H](N)C(=O)N[C@H](C(=O)N[C@@H](Cc1ccccc1)C(=O)O)C(C)C. The van der Waals surface area contributed by atoms with E-state index in [-0.39, 0.29) is 18.3 Å². The van der Waals surface area contributed by atoms with E-state index in [1.54, 1.807) is 26.0 Å². The number of carboxylic acids is 1. The molecule has 2 amide bonds. The molecule has 0 aliphatic rings. The van der Waals surface area contributed by atoms with Crippen LogP contribution in [0, 0.1) is 11.8 Å². The van der Waals surface area contributed by atoms with E-state index in [1.807, 2.05) is 32.0 Å². The number of aliphatic carboxylic acids is 1. The molecule has 1 aromatic rings. The van der Waals surface area contributed by atoms with Crippen LogP contribution in [0.25, 0.3) is 0 Å². The molecule has 7 heteroatoms. The van der Waals surface area contributed by atoms with Gasteiger partial charge in [0.2, 0.25) is 11.8 Å². The van der Waals surface area contributed by atoms with Gasteiger partial charge in [-0.1, -0.05) is 64.4 Å². The van der Waals surface area contributed by atoms with Crippen LogP contribution >= 0.6 is 0 Å². The molecule has 0 spiro atoms. The van der Waals surface area contributed by atoms with Crippen molar-refractivity contribution >= 4 is 17.8 Å². The van der Waals surface area contributed by atoms with Crippen molar-refractivity contribution < 1.29 is 19.5 Å². The highest BCUT2D eigenvalue weighted by molar-refractivity contribution is 5.92. The average molecular weight is 377 g/mol. The molecule has 0 saturated carbocycles. The Hall–Kier alpha value is -2.41. The lowest BCUT2D eigenvalue weighted by atomic mass is 9.97. The summed E-state index contributed by atoms with van der Waals surface area (Å²) in [7, 11) is 0. The standard InChI is InChI=1S/C20H31N3O4/c1-5-13(4)16(21)18(24)23-17(12(2)3)19(25)22-15(20(26)27)11-14-9-7-6-8-10-14/h6-10,12-13,15-17H,5,11,21H2,1-4H3,(H,22,25)(H,23,24)(H,26,27)/t13-,15-,16-,17-/m0/s1. The highest BCUT2D eigenvalue weighted by Gasteiger charge is 2.30. The molecule has 1 rings (SSSR count). The predicted octanol–water partition coefficient (Wildman–Crippen LogP) is 1.31. The minimum Gasteiger partial charge on any atom is -0.480 e. The largest absolute Gasteiger partial charge is 0.480 e. The lowest BCUT2D eigenvalue weighted by Crippen LogP contribution is -2.57. The molecule has 0 heterocycles. The lowest BCUT2D eigenvalue weighted by Gasteiger charge is -2.26. The predicted molar refractivity (Wildman–Crippen MR) is 104 cm³/mol. The smallest absolute Gasteiger partial charge is 0.326 e. The molecule has 1 aromatic carbocycles. The average Bonchev–Trinajstić information content (AvgIpc) is 2.64. The van der Waals surface area contributed by atoms with E-state index < -0.39 is 35.9 Å². The molecule has 0 aromatic heterocycles. The summed E-state index contributed by atoms with van der Waals surface area (Å²) in [5.41, 5.74) is 6.73.